The minimum atomic E-state index is -0.490. The number of primary amides is 1. The zero-order chi connectivity index (χ0) is 17.0. The number of hydrogen-bond acceptors (Lipinski definition) is 2. The maximum absolute atomic E-state index is 12.4. The molecule has 2 aromatic rings. The molecule has 2 amide bonds. The standard InChI is InChI=1S/C20H22N2O2/c21-18(23)15-8-10-16(11-9-15)19(24)22-14-20(12-4-5-13-20)17-6-2-1-3-7-17/h1-3,6-11H,4-5,12-14H2,(H2,21,23)(H,22,24). The minimum absolute atomic E-state index is 0.0318. The Morgan fingerprint density at radius 2 is 1.50 bits per heavy atom. The summed E-state index contributed by atoms with van der Waals surface area (Å²) in [5.41, 5.74) is 7.50. The number of carbonyl (C=O) groups excluding carboxylic acids is 2. The van der Waals surface area contributed by atoms with Crippen molar-refractivity contribution in [3.8, 4) is 0 Å². The molecule has 4 heteroatoms. The minimum Gasteiger partial charge on any atom is -0.366 e. The van der Waals surface area contributed by atoms with E-state index in [-0.39, 0.29) is 11.3 Å². The summed E-state index contributed by atoms with van der Waals surface area (Å²) in [4.78, 5) is 23.5. The fourth-order valence-electron chi connectivity index (χ4n) is 3.55. The molecule has 0 aromatic heterocycles. The summed E-state index contributed by atoms with van der Waals surface area (Å²) in [6, 6.07) is 16.9. The molecule has 1 fully saturated rings. The number of carbonyl (C=O) groups is 2. The average molecular weight is 322 g/mol. The topological polar surface area (TPSA) is 72.2 Å². The van der Waals surface area contributed by atoms with Crippen molar-refractivity contribution in [2.75, 3.05) is 6.54 Å². The molecule has 0 atom stereocenters. The van der Waals surface area contributed by atoms with E-state index in [9.17, 15) is 9.59 Å². The number of benzene rings is 2. The third-order valence-corrected chi connectivity index (χ3v) is 4.97. The van der Waals surface area contributed by atoms with Crippen LogP contribution in [0.25, 0.3) is 0 Å². The molecule has 0 heterocycles. The van der Waals surface area contributed by atoms with E-state index in [0.29, 0.717) is 17.7 Å². The normalized spacial score (nSPS) is 15.8. The van der Waals surface area contributed by atoms with Gasteiger partial charge in [0, 0.05) is 23.1 Å². The van der Waals surface area contributed by atoms with E-state index in [0.717, 1.165) is 12.8 Å². The van der Waals surface area contributed by atoms with E-state index in [1.165, 1.54) is 18.4 Å². The van der Waals surface area contributed by atoms with Crippen LogP contribution in [0.1, 0.15) is 52.0 Å². The van der Waals surface area contributed by atoms with E-state index in [1.54, 1.807) is 24.3 Å². The molecule has 1 aliphatic rings. The molecule has 0 spiro atoms. The van der Waals surface area contributed by atoms with E-state index in [2.05, 4.69) is 29.6 Å². The number of nitrogens with two attached hydrogens (primary N) is 1. The lowest BCUT2D eigenvalue weighted by Crippen LogP contribution is -2.39. The van der Waals surface area contributed by atoms with Crippen LogP contribution in [0.5, 0.6) is 0 Å². The van der Waals surface area contributed by atoms with Gasteiger partial charge in [-0.15, -0.1) is 0 Å². The summed E-state index contributed by atoms with van der Waals surface area (Å²) in [6.07, 6.45) is 4.58. The van der Waals surface area contributed by atoms with Gasteiger partial charge in [0.15, 0.2) is 0 Å². The Balaban J connectivity index is 1.71. The van der Waals surface area contributed by atoms with Crippen molar-refractivity contribution in [2.24, 2.45) is 5.73 Å². The lowest BCUT2D eigenvalue weighted by atomic mass is 9.79. The zero-order valence-corrected chi connectivity index (χ0v) is 13.6. The fourth-order valence-corrected chi connectivity index (χ4v) is 3.55. The van der Waals surface area contributed by atoms with Crippen LogP contribution in [-0.4, -0.2) is 18.4 Å². The van der Waals surface area contributed by atoms with Crippen LogP contribution in [0.15, 0.2) is 54.6 Å². The number of amides is 2. The van der Waals surface area contributed by atoms with Gasteiger partial charge in [-0.05, 0) is 42.7 Å². The number of nitrogens with one attached hydrogen (secondary N) is 1. The van der Waals surface area contributed by atoms with Gasteiger partial charge in [-0.3, -0.25) is 9.59 Å². The summed E-state index contributed by atoms with van der Waals surface area (Å²) in [5.74, 6) is -0.607. The molecule has 24 heavy (non-hydrogen) atoms. The summed E-state index contributed by atoms with van der Waals surface area (Å²) in [6.45, 7) is 0.632. The molecular weight excluding hydrogens is 300 g/mol. The number of hydrogen-bond donors (Lipinski definition) is 2. The Kier molecular flexibility index (Phi) is 4.65. The molecule has 124 valence electrons. The van der Waals surface area contributed by atoms with Crippen molar-refractivity contribution in [3.63, 3.8) is 0 Å². The van der Waals surface area contributed by atoms with E-state index in [4.69, 9.17) is 5.73 Å². The van der Waals surface area contributed by atoms with Crippen LogP contribution >= 0.6 is 0 Å². The van der Waals surface area contributed by atoms with Gasteiger partial charge >= 0.3 is 0 Å². The first-order valence-corrected chi connectivity index (χ1v) is 8.34. The Hall–Kier alpha value is -2.62. The van der Waals surface area contributed by atoms with Crippen molar-refractivity contribution < 1.29 is 9.59 Å². The smallest absolute Gasteiger partial charge is 0.251 e. The molecule has 1 aliphatic carbocycles. The molecule has 4 nitrogen and oxygen atoms in total. The zero-order valence-electron chi connectivity index (χ0n) is 13.6. The van der Waals surface area contributed by atoms with Gasteiger partial charge in [-0.1, -0.05) is 43.2 Å². The van der Waals surface area contributed by atoms with Crippen LogP contribution in [0.4, 0.5) is 0 Å². The maximum Gasteiger partial charge on any atom is 0.251 e. The third kappa shape index (κ3) is 3.32. The first-order valence-electron chi connectivity index (χ1n) is 8.34. The van der Waals surface area contributed by atoms with Crippen LogP contribution in [0.2, 0.25) is 0 Å². The van der Waals surface area contributed by atoms with Crippen molar-refractivity contribution in [2.45, 2.75) is 31.1 Å². The highest BCUT2D eigenvalue weighted by Gasteiger charge is 2.35. The second-order valence-electron chi connectivity index (χ2n) is 6.48. The SMILES string of the molecule is NC(=O)c1ccc(C(=O)NCC2(c3ccccc3)CCCC2)cc1. The average Bonchev–Trinajstić information content (AvgIpc) is 3.11. The summed E-state index contributed by atoms with van der Waals surface area (Å²) < 4.78 is 0. The van der Waals surface area contributed by atoms with Gasteiger partial charge in [0.1, 0.15) is 0 Å². The van der Waals surface area contributed by atoms with Crippen LogP contribution < -0.4 is 11.1 Å². The number of rotatable bonds is 5. The Labute approximate surface area is 142 Å². The Morgan fingerprint density at radius 1 is 0.917 bits per heavy atom. The first kappa shape index (κ1) is 16.2. The van der Waals surface area contributed by atoms with Gasteiger partial charge in [0.05, 0.1) is 0 Å². The predicted molar refractivity (Wildman–Crippen MR) is 93.9 cm³/mol. The molecule has 0 bridgehead atoms. The molecule has 3 rings (SSSR count). The van der Waals surface area contributed by atoms with Gasteiger partial charge in [-0.25, -0.2) is 0 Å². The van der Waals surface area contributed by atoms with E-state index < -0.39 is 5.91 Å². The molecule has 3 N–H and O–H groups in total. The van der Waals surface area contributed by atoms with Crippen LogP contribution in [0.3, 0.4) is 0 Å². The van der Waals surface area contributed by atoms with Gasteiger partial charge in [0.25, 0.3) is 5.91 Å². The summed E-state index contributed by atoms with van der Waals surface area (Å²) in [5, 5.41) is 3.07. The van der Waals surface area contributed by atoms with Gasteiger partial charge in [0.2, 0.25) is 5.91 Å². The Morgan fingerprint density at radius 3 is 2.08 bits per heavy atom. The highest BCUT2D eigenvalue weighted by atomic mass is 16.2. The second kappa shape index (κ2) is 6.87. The summed E-state index contributed by atoms with van der Waals surface area (Å²) in [7, 11) is 0. The van der Waals surface area contributed by atoms with Crippen LogP contribution in [-0.2, 0) is 5.41 Å². The van der Waals surface area contributed by atoms with Crippen molar-refractivity contribution in [3.05, 3.63) is 71.3 Å². The molecule has 1 saturated carbocycles. The lowest BCUT2D eigenvalue weighted by molar-refractivity contribution is 0.0941. The molecule has 0 saturated heterocycles. The predicted octanol–water partition coefficient (Wildman–Crippen LogP) is 3.03. The Bertz CT molecular complexity index is 717. The third-order valence-electron chi connectivity index (χ3n) is 4.97. The largest absolute Gasteiger partial charge is 0.366 e. The monoisotopic (exact) mass is 322 g/mol. The quantitative estimate of drug-likeness (QED) is 0.888. The van der Waals surface area contributed by atoms with Crippen molar-refractivity contribution in [1.82, 2.24) is 5.32 Å². The molecule has 0 aliphatic heterocycles. The van der Waals surface area contributed by atoms with E-state index >= 15 is 0 Å². The second-order valence-corrected chi connectivity index (χ2v) is 6.48. The van der Waals surface area contributed by atoms with Gasteiger partial charge in [-0.2, -0.15) is 0 Å². The van der Waals surface area contributed by atoms with Crippen molar-refractivity contribution >= 4 is 11.8 Å². The van der Waals surface area contributed by atoms with Crippen molar-refractivity contribution in [1.29, 1.82) is 0 Å². The highest BCUT2D eigenvalue weighted by molar-refractivity contribution is 5.97. The van der Waals surface area contributed by atoms with E-state index in [1.807, 2.05) is 6.07 Å². The first-order chi connectivity index (χ1) is 11.6. The lowest BCUT2D eigenvalue weighted by Gasteiger charge is -2.30. The maximum atomic E-state index is 12.4. The molecule has 0 unspecified atom stereocenters. The van der Waals surface area contributed by atoms with Crippen LogP contribution in [0, 0.1) is 0 Å². The van der Waals surface area contributed by atoms with Gasteiger partial charge < -0.3 is 11.1 Å². The molecule has 0 radical (unpaired) electrons. The molecule has 2 aromatic carbocycles. The molecular formula is C20H22N2O2. The summed E-state index contributed by atoms with van der Waals surface area (Å²) >= 11 is 0. The fraction of sp³-hybridized carbons (Fsp3) is 0.300. The highest BCUT2D eigenvalue weighted by Crippen LogP contribution is 2.40.